The molecule has 5 nitrogen and oxygen atoms in total. The molecule has 4 atom stereocenters. The molecule has 6 N–H and O–H groups in total. The van der Waals surface area contributed by atoms with E-state index in [-0.39, 0.29) is 18.2 Å². The highest BCUT2D eigenvalue weighted by atomic mass is 16.8. The molecule has 1 aliphatic heterocycles. The lowest BCUT2D eigenvalue weighted by Crippen LogP contribution is -2.50. The van der Waals surface area contributed by atoms with Crippen molar-refractivity contribution in [3.63, 3.8) is 0 Å². The highest BCUT2D eigenvalue weighted by Crippen LogP contribution is 2.19. The third-order valence-electron chi connectivity index (χ3n) is 2.16. The second-order valence-corrected chi connectivity index (χ2v) is 3.28. The Morgan fingerprint density at radius 3 is 2.67 bits per heavy atom. The molecule has 5 heteroatoms. The minimum atomic E-state index is -0.505. The van der Waals surface area contributed by atoms with E-state index in [0.29, 0.717) is 0 Å². The van der Waals surface area contributed by atoms with Gasteiger partial charge in [-0.25, -0.2) is 5.90 Å². The van der Waals surface area contributed by atoms with Gasteiger partial charge in [-0.3, -0.25) is 4.84 Å². The summed E-state index contributed by atoms with van der Waals surface area (Å²) in [5, 5.41) is 0. The summed E-state index contributed by atoms with van der Waals surface area (Å²) in [6.45, 7) is 1.90. The summed E-state index contributed by atoms with van der Waals surface area (Å²) < 4.78 is 5.41. The normalized spacial score (nSPS) is 39.5. The zero-order valence-electron chi connectivity index (χ0n) is 7.27. The monoisotopic (exact) mass is 175 g/mol. The van der Waals surface area contributed by atoms with Crippen LogP contribution in [0.15, 0.2) is 0 Å². The van der Waals surface area contributed by atoms with Crippen molar-refractivity contribution in [1.82, 2.24) is 0 Å². The summed E-state index contributed by atoms with van der Waals surface area (Å²) in [5.74, 6) is 5.01. The first kappa shape index (κ1) is 9.88. The van der Waals surface area contributed by atoms with Crippen LogP contribution in [0.25, 0.3) is 0 Å². The molecule has 3 unspecified atom stereocenters. The second-order valence-electron chi connectivity index (χ2n) is 3.28. The predicted molar refractivity (Wildman–Crippen MR) is 44.8 cm³/mol. The molecular formula is C7H17N3O2. The van der Waals surface area contributed by atoms with Gasteiger partial charge < -0.3 is 16.2 Å². The maximum Gasteiger partial charge on any atom is 0.192 e. The van der Waals surface area contributed by atoms with E-state index in [0.717, 1.165) is 12.8 Å². The van der Waals surface area contributed by atoms with E-state index >= 15 is 0 Å². The Hall–Kier alpha value is -0.200. The van der Waals surface area contributed by atoms with Gasteiger partial charge in [0, 0.05) is 6.04 Å². The van der Waals surface area contributed by atoms with Crippen LogP contribution in [0.3, 0.4) is 0 Å². The van der Waals surface area contributed by atoms with Crippen molar-refractivity contribution in [2.45, 2.75) is 44.2 Å². The minimum Gasteiger partial charge on any atom is -0.344 e. The first-order valence-electron chi connectivity index (χ1n) is 4.17. The molecule has 1 fully saturated rings. The molecule has 1 saturated heterocycles. The highest BCUT2D eigenvalue weighted by Gasteiger charge is 2.30. The minimum absolute atomic E-state index is 0.00449. The van der Waals surface area contributed by atoms with Crippen molar-refractivity contribution in [2.75, 3.05) is 0 Å². The lowest BCUT2D eigenvalue weighted by molar-refractivity contribution is -0.208. The molecule has 0 amide bonds. The van der Waals surface area contributed by atoms with Gasteiger partial charge in [0.05, 0.1) is 12.1 Å². The van der Waals surface area contributed by atoms with Crippen LogP contribution >= 0.6 is 0 Å². The summed E-state index contributed by atoms with van der Waals surface area (Å²) in [5.41, 5.74) is 11.3. The van der Waals surface area contributed by atoms with Gasteiger partial charge in [0.2, 0.25) is 0 Å². The van der Waals surface area contributed by atoms with Crippen LogP contribution in [0, 0.1) is 0 Å². The molecule has 0 bridgehead atoms. The Morgan fingerprint density at radius 1 is 1.50 bits per heavy atom. The number of hydrogen-bond acceptors (Lipinski definition) is 5. The summed E-state index contributed by atoms with van der Waals surface area (Å²) >= 11 is 0. The van der Waals surface area contributed by atoms with E-state index in [1.807, 2.05) is 6.92 Å². The van der Waals surface area contributed by atoms with E-state index < -0.39 is 6.29 Å². The van der Waals surface area contributed by atoms with Gasteiger partial charge in [-0.05, 0) is 19.8 Å². The third kappa shape index (κ3) is 2.15. The van der Waals surface area contributed by atoms with Gasteiger partial charge in [-0.2, -0.15) is 0 Å². The molecular weight excluding hydrogens is 158 g/mol. The number of hydrogen-bond donors (Lipinski definition) is 3. The van der Waals surface area contributed by atoms with Gasteiger partial charge in [-0.1, -0.05) is 0 Å². The van der Waals surface area contributed by atoms with Crippen molar-refractivity contribution >= 4 is 0 Å². The van der Waals surface area contributed by atoms with Gasteiger partial charge >= 0.3 is 0 Å². The second kappa shape index (κ2) is 4.15. The lowest BCUT2D eigenvalue weighted by Gasteiger charge is -2.34. The maximum atomic E-state index is 5.68. The van der Waals surface area contributed by atoms with Crippen LogP contribution in [0.2, 0.25) is 0 Å². The molecule has 0 aromatic heterocycles. The van der Waals surface area contributed by atoms with Crippen LogP contribution in [0.5, 0.6) is 0 Å². The summed E-state index contributed by atoms with van der Waals surface area (Å²) in [7, 11) is 0. The molecule has 1 aliphatic rings. The molecule has 0 aliphatic carbocycles. The van der Waals surface area contributed by atoms with Crippen LogP contribution < -0.4 is 17.4 Å². The number of rotatable bonds is 2. The quantitative estimate of drug-likeness (QED) is 0.470. The molecule has 0 spiro atoms. The Bertz CT molecular complexity index is 143. The zero-order chi connectivity index (χ0) is 9.14. The fourth-order valence-electron chi connectivity index (χ4n) is 1.35. The lowest BCUT2D eigenvalue weighted by atomic mass is 10.0. The summed E-state index contributed by atoms with van der Waals surface area (Å²) in [6, 6.07) is -0.139. The summed E-state index contributed by atoms with van der Waals surface area (Å²) in [6.07, 6.45) is 1.22. The Morgan fingerprint density at radius 2 is 2.17 bits per heavy atom. The zero-order valence-corrected chi connectivity index (χ0v) is 7.27. The van der Waals surface area contributed by atoms with Crippen molar-refractivity contribution in [3.8, 4) is 0 Å². The molecule has 0 radical (unpaired) electrons. The van der Waals surface area contributed by atoms with Gasteiger partial charge in [-0.15, -0.1) is 0 Å². The average molecular weight is 175 g/mol. The Kier molecular flexibility index (Phi) is 3.42. The van der Waals surface area contributed by atoms with Gasteiger partial charge in [0.15, 0.2) is 6.29 Å². The fraction of sp³-hybridized carbons (Fsp3) is 1.00. The SMILES string of the molecule is CC(N)C1CCC(N)[C@@H](ON)O1. The van der Waals surface area contributed by atoms with E-state index in [9.17, 15) is 0 Å². The maximum absolute atomic E-state index is 5.68. The van der Waals surface area contributed by atoms with Crippen LogP contribution in [-0.2, 0) is 9.57 Å². The standard InChI is InChI=1S/C7H17N3O2/c1-4(8)6-3-2-5(9)7(11-6)12-10/h4-7H,2-3,8-10H2,1H3/t4?,5?,6?,7-/m1/s1. The van der Waals surface area contributed by atoms with Crippen molar-refractivity contribution < 1.29 is 9.57 Å². The third-order valence-corrected chi connectivity index (χ3v) is 2.16. The van der Waals surface area contributed by atoms with Crippen LogP contribution in [0.1, 0.15) is 19.8 Å². The first-order valence-corrected chi connectivity index (χ1v) is 4.17. The van der Waals surface area contributed by atoms with E-state index in [1.165, 1.54) is 0 Å². The molecule has 1 rings (SSSR count). The van der Waals surface area contributed by atoms with Crippen molar-refractivity contribution in [1.29, 1.82) is 0 Å². The van der Waals surface area contributed by atoms with Gasteiger partial charge in [0.25, 0.3) is 0 Å². The molecule has 1 heterocycles. The number of nitrogens with two attached hydrogens (primary N) is 3. The van der Waals surface area contributed by atoms with E-state index in [1.54, 1.807) is 0 Å². The fourth-order valence-corrected chi connectivity index (χ4v) is 1.35. The van der Waals surface area contributed by atoms with E-state index in [4.69, 9.17) is 22.1 Å². The van der Waals surface area contributed by atoms with Crippen LogP contribution in [0.4, 0.5) is 0 Å². The first-order chi connectivity index (χ1) is 5.65. The van der Waals surface area contributed by atoms with Crippen LogP contribution in [-0.4, -0.2) is 24.5 Å². The molecule has 0 saturated carbocycles. The van der Waals surface area contributed by atoms with Crippen molar-refractivity contribution in [2.24, 2.45) is 17.4 Å². The molecule has 0 aromatic rings. The summed E-state index contributed by atoms with van der Waals surface area (Å²) in [4.78, 5) is 4.58. The topological polar surface area (TPSA) is 96.5 Å². The molecule has 12 heavy (non-hydrogen) atoms. The van der Waals surface area contributed by atoms with Crippen molar-refractivity contribution in [3.05, 3.63) is 0 Å². The predicted octanol–water partition coefficient (Wildman–Crippen LogP) is -0.944. The average Bonchev–Trinajstić information content (AvgIpc) is 2.05. The largest absolute Gasteiger partial charge is 0.344 e. The number of ether oxygens (including phenoxy) is 1. The Balaban J connectivity index is 2.44. The highest BCUT2D eigenvalue weighted by molar-refractivity contribution is 4.80. The molecule has 0 aromatic carbocycles. The van der Waals surface area contributed by atoms with Gasteiger partial charge in [0.1, 0.15) is 0 Å². The Labute approximate surface area is 72.1 Å². The van der Waals surface area contributed by atoms with E-state index in [2.05, 4.69) is 4.84 Å². The molecule has 72 valence electrons. The smallest absolute Gasteiger partial charge is 0.192 e.